The van der Waals surface area contributed by atoms with Crippen molar-refractivity contribution in [1.82, 2.24) is 10.2 Å². The molecule has 1 spiro atoms. The first kappa shape index (κ1) is 24.7. The molecule has 3 aliphatic heterocycles. The van der Waals surface area contributed by atoms with Gasteiger partial charge in [0.2, 0.25) is 11.8 Å². The molecule has 1 aromatic rings. The van der Waals surface area contributed by atoms with Gasteiger partial charge in [-0.3, -0.25) is 14.4 Å². The van der Waals surface area contributed by atoms with Crippen LogP contribution in [0.3, 0.4) is 0 Å². The number of likely N-dealkylation sites (tertiary alicyclic amines) is 1. The van der Waals surface area contributed by atoms with E-state index in [0.717, 1.165) is 24.8 Å². The molecule has 8 heteroatoms. The molecule has 0 radical (unpaired) electrons. The van der Waals surface area contributed by atoms with Crippen molar-refractivity contribution < 1.29 is 29.0 Å². The molecule has 2 unspecified atom stereocenters. The number of benzene rings is 1. The number of esters is 1. The van der Waals surface area contributed by atoms with Gasteiger partial charge in [-0.1, -0.05) is 43.2 Å². The van der Waals surface area contributed by atoms with Crippen LogP contribution in [0.5, 0.6) is 0 Å². The van der Waals surface area contributed by atoms with E-state index in [9.17, 15) is 14.4 Å². The Morgan fingerprint density at radius 1 is 1.18 bits per heavy atom. The summed E-state index contributed by atoms with van der Waals surface area (Å²) in [7, 11) is 0. The van der Waals surface area contributed by atoms with Gasteiger partial charge in [0.15, 0.2) is 0 Å². The number of ether oxygens (including phenoxy) is 2. The number of carbonyl (C=O) groups is 3. The average Bonchev–Trinajstić information content (AvgIpc) is 3.39. The van der Waals surface area contributed by atoms with Crippen molar-refractivity contribution in [3.05, 3.63) is 35.9 Å². The lowest BCUT2D eigenvalue weighted by atomic mass is 9.66. The standard InChI is InChI=1S/C26H36N2O6/c1-3-33-24(32)20-19-23(31)28(15-9-4-5-10-16-29)21(26(19)14-13-25(20,2)34-26)22(30)27-17-18-11-7-6-8-12-18/h6-8,11-12,19-21,29H,3-5,9-10,13-17H2,1-2H3,(H,27,30)/t19-,20-,21?,25+,26?/m0/s1. The lowest BCUT2D eigenvalue weighted by molar-refractivity contribution is -0.159. The van der Waals surface area contributed by atoms with Crippen LogP contribution in [0.2, 0.25) is 0 Å². The first-order chi connectivity index (χ1) is 16.4. The number of nitrogens with zero attached hydrogens (tertiary/aromatic N) is 1. The van der Waals surface area contributed by atoms with Crippen LogP contribution in [0.25, 0.3) is 0 Å². The topological polar surface area (TPSA) is 105 Å². The molecular weight excluding hydrogens is 436 g/mol. The molecule has 0 saturated carbocycles. The third kappa shape index (κ3) is 4.22. The Kier molecular flexibility index (Phi) is 7.28. The molecule has 2 amide bonds. The lowest BCUT2D eigenvalue weighted by Gasteiger charge is -2.33. The van der Waals surface area contributed by atoms with E-state index >= 15 is 0 Å². The summed E-state index contributed by atoms with van der Waals surface area (Å²) in [4.78, 5) is 42.0. The fourth-order valence-electron chi connectivity index (χ4n) is 6.19. The van der Waals surface area contributed by atoms with Crippen molar-refractivity contribution in [3.8, 4) is 0 Å². The van der Waals surface area contributed by atoms with Crippen LogP contribution < -0.4 is 5.32 Å². The second kappa shape index (κ2) is 10.0. The number of hydrogen-bond donors (Lipinski definition) is 2. The number of unbranched alkanes of at least 4 members (excludes halogenated alkanes) is 3. The molecule has 3 fully saturated rings. The third-order valence-corrected chi connectivity index (χ3v) is 7.68. The van der Waals surface area contributed by atoms with Gasteiger partial charge < -0.3 is 24.8 Å². The van der Waals surface area contributed by atoms with E-state index in [2.05, 4.69) is 5.32 Å². The predicted molar refractivity (Wildman–Crippen MR) is 124 cm³/mol. The molecule has 4 rings (SSSR count). The van der Waals surface area contributed by atoms with Crippen molar-refractivity contribution in [2.75, 3.05) is 19.8 Å². The highest BCUT2D eigenvalue weighted by atomic mass is 16.6. The first-order valence-electron chi connectivity index (χ1n) is 12.5. The van der Waals surface area contributed by atoms with Gasteiger partial charge in [0.25, 0.3) is 0 Å². The molecular formula is C26H36N2O6. The summed E-state index contributed by atoms with van der Waals surface area (Å²) in [5, 5.41) is 12.0. The van der Waals surface area contributed by atoms with Gasteiger partial charge in [0.05, 0.1) is 18.1 Å². The van der Waals surface area contributed by atoms with Crippen LogP contribution in [-0.2, 0) is 30.4 Å². The molecule has 0 aliphatic carbocycles. The Bertz CT molecular complexity index is 908. The highest BCUT2D eigenvalue weighted by Gasteiger charge is 2.78. The second-order valence-electron chi connectivity index (χ2n) is 9.85. The van der Waals surface area contributed by atoms with Crippen molar-refractivity contribution in [2.45, 2.75) is 76.2 Å². The third-order valence-electron chi connectivity index (χ3n) is 7.68. The van der Waals surface area contributed by atoms with Gasteiger partial charge in [0.1, 0.15) is 17.6 Å². The van der Waals surface area contributed by atoms with Gasteiger partial charge in [0, 0.05) is 19.7 Å². The Hall–Kier alpha value is -2.45. The second-order valence-corrected chi connectivity index (χ2v) is 9.85. The van der Waals surface area contributed by atoms with Crippen LogP contribution in [0.15, 0.2) is 30.3 Å². The van der Waals surface area contributed by atoms with Gasteiger partial charge in [-0.15, -0.1) is 0 Å². The van der Waals surface area contributed by atoms with Crippen molar-refractivity contribution >= 4 is 17.8 Å². The van der Waals surface area contributed by atoms with Crippen molar-refractivity contribution in [2.24, 2.45) is 11.8 Å². The summed E-state index contributed by atoms with van der Waals surface area (Å²) in [6.07, 6.45) is 4.30. The largest absolute Gasteiger partial charge is 0.466 e. The number of carbonyl (C=O) groups excluding carboxylic acids is 3. The lowest BCUT2D eigenvalue weighted by Crippen LogP contribution is -2.55. The summed E-state index contributed by atoms with van der Waals surface area (Å²) < 4.78 is 11.9. The van der Waals surface area contributed by atoms with E-state index in [1.54, 1.807) is 11.8 Å². The molecule has 3 aliphatic rings. The number of fused-ring (bicyclic) bond motifs is 1. The fraction of sp³-hybridized carbons (Fsp3) is 0.654. The summed E-state index contributed by atoms with van der Waals surface area (Å²) in [5.74, 6) is -2.28. The monoisotopic (exact) mass is 472 g/mol. The molecule has 2 N–H and O–H groups in total. The summed E-state index contributed by atoms with van der Waals surface area (Å²) in [5.41, 5.74) is -0.856. The zero-order chi connectivity index (χ0) is 24.3. The van der Waals surface area contributed by atoms with Crippen LogP contribution >= 0.6 is 0 Å². The maximum absolute atomic E-state index is 13.8. The number of aliphatic hydroxyl groups excluding tert-OH is 1. The normalized spacial score (nSPS) is 31.6. The van der Waals surface area contributed by atoms with Crippen LogP contribution in [0.4, 0.5) is 0 Å². The Morgan fingerprint density at radius 3 is 2.62 bits per heavy atom. The van der Waals surface area contributed by atoms with E-state index in [0.29, 0.717) is 32.4 Å². The van der Waals surface area contributed by atoms with Crippen LogP contribution in [-0.4, -0.2) is 64.8 Å². The maximum Gasteiger partial charge on any atom is 0.312 e. The minimum atomic E-state index is -1.02. The predicted octanol–water partition coefficient (Wildman–Crippen LogP) is 2.18. The van der Waals surface area contributed by atoms with E-state index in [1.165, 1.54) is 0 Å². The van der Waals surface area contributed by atoms with Crippen molar-refractivity contribution in [3.63, 3.8) is 0 Å². The number of rotatable bonds is 11. The molecule has 186 valence electrons. The molecule has 8 nitrogen and oxygen atoms in total. The molecule has 3 heterocycles. The van der Waals surface area contributed by atoms with Gasteiger partial charge in [-0.05, 0) is 45.1 Å². The zero-order valence-electron chi connectivity index (χ0n) is 20.1. The van der Waals surface area contributed by atoms with Gasteiger partial charge >= 0.3 is 5.97 Å². The van der Waals surface area contributed by atoms with Crippen molar-refractivity contribution in [1.29, 1.82) is 0 Å². The summed E-state index contributed by atoms with van der Waals surface area (Å²) in [6.45, 7) is 4.77. The van der Waals surface area contributed by atoms with E-state index < -0.39 is 35.0 Å². The highest BCUT2D eigenvalue weighted by molar-refractivity contribution is 5.98. The Labute approximate surface area is 201 Å². The smallest absolute Gasteiger partial charge is 0.312 e. The Morgan fingerprint density at radius 2 is 1.91 bits per heavy atom. The minimum absolute atomic E-state index is 0.145. The zero-order valence-corrected chi connectivity index (χ0v) is 20.1. The minimum Gasteiger partial charge on any atom is -0.466 e. The molecule has 34 heavy (non-hydrogen) atoms. The average molecular weight is 473 g/mol. The van der Waals surface area contributed by atoms with Gasteiger partial charge in [-0.2, -0.15) is 0 Å². The number of amides is 2. The number of hydrogen-bond acceptors (Lipinski definition) is 6. The van der Waals surface area contributed by atoms with E-state index in [1.807, 2.05) is 37.3 Å². The fourth-order valence-corrected chi connectivity index (χ4v) is 6.19. The maximum atomic E-state index is 13.8. The Balaban J connectivity index is 1.59. The number of aliphatic hydroxyl groups is 1. The quantitative estimate of drug-likeness (QED) is 0.378. The first-order valence-corrected chi connectivity index (χ1v) is 12.5. The summed E-state index contributed by atoms with van der Waals surface area (Å²) in [6, 6.07) is 8.85. The summed E-state index contributed by atoms with van der Waals surface area (Å²) >= 11 is 0. The van der Waals surface area contributed by atoms with Crippen LogP contribution in [0, 0.1) is 11.8 Å². The molecule has 0 aromatic heterocycles. The number of nitrogens with one attached hydrogen (secondary N) is 1. The molecule has 5 atom stereocenters. The van der Waals surface area contributed by atoms with Crippen LogP contribution in [0.1, 0.15) is 57.9 Å². The molecule has 1 aromatic carbocycles. The van der Waals surface area contributed by atoms with E-state index in [4.69, 9.17) is 14.6 Å². The highest BCUT2D eigenvalue weighted by Crippen LogP contribution is 2.63. The molecule has 3 saturated heterocycles. The van der Waals surface area contributed by atoms with E-state index in [-0.39, 0.29) is 25.0 Å². The SMILES string of the molecule is CCOC(=O)[C@@H]1[C@H]2C(=O)N(CCCCCCO)C(C(=O)NCc3ccccc3)C23CC[C@@]1(C)O3. The molecule has 2 bridgehead atoms. The van der Waals surface area contributed by atoms with Gasteiger partial charge in [-0.25, -0.2) is 0 Å².